The van der Waals surface area contributed by atoms with Crippen molar-refractivity contribution in [2.45, 2.75) is 6.92 Å². The molecule has 0 atom stereocenters. The number of rotatable bonds is 2. The normalized spacial score (nSPS) is 9.83. The lowest BCUT2D eigenvalue weighted by Crippen LogP contribution is -2.12. The van der Waals surface area contributed by atoms with E-state index in [9.17, 15) is 4.79 Å². The fraction of sp³-hybridized carbons (Fsp3) is 0.0833. The van der Waals surface area contributed by atoms with Crippen LogP contribution in [0.5, 0.6) is 0 Å². The van der Waals surface area contributed by atoms with Crippen LogP contribution in [0.25, 0.3) is 0 Å². The molecule has 6 heteroatoms. The number of oxazole rings is 1. The second-order valence-corrected chi connectivity index (χ2v) is 3.93. The number of hydrogen-bond acceptors (Lipinski definition) is 4. The van der Waals surface area contributed by atoms with Crippen LogP contribution in [-0.4, -0.2) is 10.9 Å². The van der Waals surface area contributed by atoms with Gasteiger partial charge in [0.25, 0.3) is 5.91 Å². The second-order valence-electron chi connectivity index (χ2n) is 3.53. The average molecular weight is 262 g/mol. The number of nitrogens with one attached hydrogen (secondary N) is 1. The molecule has 0 bridgehead atoms. The van der Waals surface area contributed by atoms with Crippen LogP contribution < -0.4 is 5.32 Å². The molecule has 0 aliphatic carbocycles. The van der Waals surface area contributed by atoms with Crippen LogP contribution in [0.3, 0.4) is 0 Å². The van der Waals surface area contributed by atoms with Crippen LogP contribution >= 0.6 is 11.6 Å². The van der Waals surface area contributed by atoms with Crippen LogP contribution in [0, 0.1) is 18.3 Å². The zero-order valence-corrected chi connectivity index (χ0v) is 10.2. The number of nitriles is 1. The minimum absolute atomic E-state index is 0.135. The first-order valence-electron chi connectivity index (χ1n) is 5.03. The molecule has 1 heterocycles. The van der Waals surface area contributed by atoms with Gasteiger partial charge >= 0.3 is 0 Å². The lowest BCUT2D eigenvalue weighted by atomic mass is 10.2. The molecule has 1 aromatic heterocycles. The zero-order valence-electron chi connectivity index (χ0n) is 9.40. The number of carbonyl (C=O) groups is 1. The van der Waals surface area contributed by atoms with Gasteiger partial charge in [-0.2, -0.15) is 5.26 Å². The van der Waals surface area contributed by atoms with Gasteiger partial charge in [-0.25, -0.2) is 4.98 Å². The van der Waals surface area contributed by atoms with Gasteiger partial charge in [0, 0.05) is 0 Å². The van der Waals surface area contributed by atoms with E-state index in [-0.39, 0.29) is 5.76 Å². The molecule has 1 aromatic carbocycles. The van der Waals surface area contributed by atoms with Crippen molar-refractivity contribution in [1.29, 1.82) is 5.26 Å². The number of anilines is 1. The van der Waals surface area contributed by atoms with Gasteiger partial charge in [0.05, 0.1) is 28.0 Å². The van der Waals surface area contributed by atoms with Crippen molar-refractivity contribution in [3.63, 3.8) is 0 Å². The predicted octanol–water partition coefficient (Wildman–Crippen LogP) is 2.76. The molecule has 0 saturated carbocycles. The van der Waals surface area contributed by atoms with E-state index in [2.05, 4.69) is 10.3 Å². The maximum absolute atomic E-state index is 11.8. The fourth-order valence-electron chi connectivity index (χ4n) is 1.38. The van der Waals surface area contributed by atoms with Gasteiger partial charge in [-0.05, 0) is 25.1 Å². The molecule has 0 spiro atoms. The van der Waals surface area contributed by atoms with Crippen molar-refractivity contribution in [3.8, 4) is 6.07 Å². The molecular formula is C12H8ClN3O2. The minimum Gasteiger partial charge on any atom is -0.438 e. The third-order valence-electron chi connectivity index (χ3n) is 2.30. The molecule has 0 fully saturated rings. The van der Waals surface area contributed by atoms with E-state index < -0.39 is 5.91 Å². The summed E-state index contributed by atoms with van der Waals surface area (Å²) in [5, 5.41) is 11.6. The highest BCUT2D eigenvalue weighted by Gasteiger charge is 2.15. The molecule has 0 aliphatic heterocycles. The third kappa shape index (κ3) is 2.34. The average Bonchev–Trinajstić information content (AvgIpc) is 2.78. The Labute approximate surface area is 108 Å². The summed E-state index contributed by atoms with van der Waals surface area (Å²) in [7, 11) is 0. The van der Waals surface area contributed by atoms with E-state index in [4.69, 9.17) is 21.3 Å². The first kappa shape index (κ1) is 12.1. The molecule has 0 unspecified atom stereocenters. The van der Waals surface area contributed by atoms with E-state index in [1.165, 1.54) is 12.5 Å². The number of aryl methyl sites for hydroxylation is 1. The zero-order chi connectivity index (χ0) is 13.1. The SMILES string of the molecule is Cc1ncoc1C(=O)Nc1ccc(C#N)cc1Cl. The largest absolute Gasteiger partial charge is 0.438 e. The summed E-state index contributed by atoms with van der Waals surface area (Å²) in [6.07, 6.45) is 1.20. The number of halogens is 1. The monoisotopic (exact) mass is 261 g/mol. The van der Waals surface area contributed by atoms with Crippen molar-refractivity contribution in [3.05, 3.63) is 46.6 Å². The quantitative estimate of drug-likeness (QED) is 0.901. The summed E-state index contributed by atoms with van der Waals surface area (Å²) in [5.74, 6) is -0.299. The third-order valence-corrected chi connectivity index (χ3v) is 2.61. The van der Waals surface area contributed by atoms with Crippen LogP contribution in [-0.2, 0) is 0 Å². The molecule has 5 nitrogen and oxygen atoms in total. The molecule has 1 N–H and O–H groups in total. The molecule has 90 valence electrons. The fourth-order valence-corrected chi connectivity index (χ4v) is 1.61. The van der Waals surface area contributed by atoms with Gasteiger partial charge in [0.1, 0.15) is 0 Å². The van der Waals surface area contributed by atoms with E-state index in [1.54, 1.807) is 19.1 Å². The number of hydrogen-bond donors (Lipinski definition) is 1. The predicted molar refractivity (Wildman–Crippen MR) is 65.4 cm³/mol. The number of amides is 1. The van der Waals surface area contributed by atoms with Gasteiger partial charge < -0.3 is 9.73 Å². The Morgan fingerprint density at radius 3 is 2.89 bits per heavy atom. The molecule has 18 heavy (non-hydrogen) atoms. The second kappa shape index (κ2) is 4.90. The van der Waals surface area contributed by atoms with E-state index in [0.717, 1.165) is 0 Å². The summed E-state index contributed by atoms with van der Waals surface area (Å²) in [5.41, 5.74) is 1.34. The van der Waals surface area contributed by atoms with Gasteiger partial charge in [-0.3, -0.25) is 4.79 Å². The standard InChI is InChI=1S/C12H8ClN3O2/c1-7-11(18-6-15-7)12(17)16-10-3-2-8(5-14)4-9(10)13/h2-4,6H,1H3,(H,16,17). The van der Waals surface area contributed by atoms with Crippen molar-refractivity contribution in [2.75, 3.05) is 5.32 Å². The molecule has 0 aliphatic rings. The number of carbonyl (C=O) groups excluding carboxylic acids is 1. The minimum atomic E-state index is -0.434. The first-order valence-corrected chi connectivity index (χ1v) is 5.40. The highest BCUT2D eigenvalue weighted by atomic mass is 35.5. The lowest BCUT2D eigenvalue weighted by molar-refractivity contribution is 0.0996. The molecule has 1 amide bonds. The number of nitrogens with zero attached hydrogens (tertiary/aromatic N) is 2. The molecule has 0 radical (unpaired) electrons. The van der Waals surface area contributed by atoms with Gasteiger partial charge in [0.15, 0.2) is 6.39 Å². The Morgan fingerprint density at radius 2 is 2.33 bits per heavy atom. The Balaban J connectivity index is 2.23. The Kier molecular flexibility index (Phi) is 3.31. The number of aromatic nitrogens is 1. The smallest absolute Gasteiger partial charge is 0.293 e. The number of benzene rings is 1. The van der Waals surface area contributed by atoms with Crippen molar-refractivity contribution >= 4 is 23.2 Å². The van der Waals surface area contributed by atoms with Crippen LogP contribution in [0.15, 0.2) is 29.0 Å². The summed E-state index contributed by atoms with van der Waals surface area (Å²) >= 11 is 5.94. The van der Waals surface area contributed by atoms with Crippen molar-refractivity contribution < 1.29 is 9.21 Å². The van der Waals surface area contributed by atoms with E-state index >= 15 is 0 Å². The molecule has 2 rings (SSSR count). The maximum Gasteiger partial charge on any atom is 0.293 e. The Morgan fingerprint density at radius 1 is 1.56 bits per heavy atom. The topological polar surface area (TPSA) is 78.9 Å². The van der Waals surface area contributed by atoms with Gasteiger partial charge in [-0.1, -0.05) is 11.6 Å². The summed E-state index contributed by atoms with van der Waals surface area (Å²) < 4.78 is 4.96. The lowest BCUT2D eigenvalue weighted by Gasteiger charge is -2.05. The van der Waals surface area contributed by atoms with Crippen molar-refractivity contribution in [2.24, 2.45) is 0 Å². The Bertz CT molecular complexity index is 643. The van der Waals surface area contributed by atoms with Crippen LogP contribution in [0.4, 0.5) is 5.69 Å². The molecule has 0 saturated heterocycles. The summed E-state index contributed by atoms with van der Waals surface area (Å²) in [6.45, 7) is 1.67. The van der Waals surface area contributed by atoms with E-state index in [0.29, 0.717) is 22.0 Å². The summed E-state index contributed by atoms with van der Waals surface area (Å²) in [6, 6.07) is 6.56. The Hall–Kier alpha value is -2.32. The van der Waals surface area contributed by atoms with Crippen molar-refractivity contribution in [1.82, 2.24) is 4.98 Å². The highest BCUT2D eigenvalue weighted by Crippen LogP contribution is 2.23. The maximum atomic E-state index is 11.8. The highest BCUT2D eigenvalue weighted by molar-refractivity contribution is 6.34. The molecular weight excluding hydrogens is 254 g/mol. The van der Waals surface area contributed by atoms with Gasteiger partial charge in [0.2, 0.25) is 5.76 Å². The van der Waals surface area contributed by atoms with Crippen LogP contribution in [0.2, 0.25) is 5.02 Å². The first-order chi connectivity index (χ1) is 8.61. The van der Waals surface area contributed by atoms with Crippen LogP contribution in [0.1, 0.15) is 21.8 Å². The van der Waals surface area contributed by atoms with Gasteiger partial charge in [-0.15, -0.1) is 0 Å². The molecule has 2 aromatic rings. The van der Waals surface area contributed by atoms with E-state index in [1.807, 2.05) is 6.07 Å². The summed E-state index contributed by atoms with van der Waals surface area (Å²) in [4.78, 5) is 15.7.